The Balaban J connectivity index is 1.64. The van der Waals surface area contributed by atoms with E-state index in [0.717, 1.165) is 32.0 Å². The quantitative estimate of drug-likeness (QED) is 0.0522. The number of rotatable bonds is 48. The van der Waals surface area contributed by atoms with Crippen molar-refractivity contribution in [3.8, 4) is 43.9 Å². The summed E-state index contributed by atoms with van der Waals surface area (Å²) in [6, 6.07) is 11.7. The molecule has 0 aliphatic rings. The fourth-order valence-electron chi connectivity index (χ4n) is 6.55. The number of hydrogen-bond acceptors (Lipinski definition) is 19. The minimum absolute atomic E-state index is 0.0922. The zero-order chi connectivity index (χ0) is 51.0. The molecule has 0 amide bonds. The van der Waals surface area contributed by atoms with E-state index in [2.05, 4.69) is 0 Å². The van der Waals surface area contributed by atoms with E-state index in [1.54, 1.807) is 39.8 Å². The number of thiophene rings is 1. The fourth-order valence-corrected chi connectivity index (χ4v) is 7.98. The normalized spacial score (nSPS) is 11.6. The molecule has 2 aromatic carbocycles. The number of hydrogen-bond donors (Lipinski definition) is 0. The van der Waals surface area contributed by atoms with Gasteiger partial charge < -0.3 is 85.3 Å². The molecule has 0 aliphatic heterocycles. The summed E-state index contributed by atoms with van der Waals surface area (Å²) < 4.78 is 104. The summed E-state index contributed by atoms with van der Waals surface area (Å²) in [4.78, 5) is 1.83. The van der Waals surface area contributed by atoms with Gasteiger partial charge in [0, 0.05) is 35.1 Å². The van der Waals surface area contributed by atoms with E-state index in [1.807, 2.05) is 64.1 Å². The predicted molar refractivity (Wildman–Crippen MR) is 271 cm³/mol. The highest BCUT2D eigenvalue weighted by Crippen LogP contribution is 2.52. The SMILES string of the molecule is COCCOCCOCCOCCOCCOCCOCc1c(-c2c(OC)cccc2OC(C)C)sc(-c2c(OC)cccc2OC(C)C)c1COCCOCCOCCOCCOCCOCCOC. The maximum atomic E-state index is 6.43. The van der Waals surface area contributed by atoms with Gasteiger partial charge in [-0.1, -0.05) is 12.1 Å². The van der Waals surface area contributed by atoms with Gasteiger partial charge in [0.05, 0.1) is 209 Å². The van der Waals surface area contributed by atoms with Crippen molar-refractivity contribution in [3.63, 3.8) is 0 Å². The summed E-state index contributed by atoms with van der Waals surface area (Å²) in [5.74, 6) is 2.70. The van der Waals surface area contributed by atoms with Crippen molar-refractivity contribution in [2.24, 2.45) is 0 Å². The molecule has 0 unspecified atom stereocenters. The summed E-state index contributed by atoms with van der Waals surface area (Å²) in [6.07, 6.45) is -0.184. The zero-order valence-corrected chi connectivity index (χ0v) is 44.6. The Morgan fingerprint density at radius 1 is 0.324 bits per heavy atom. The molecule has 406 valence electrons. The molecule has 0 spiro atoms. The van der Waals surface area contributed by atoms with E-state index in [4.69, 9.17) is 85.3 Å². The third kappa shape index (κ3) is 26.5. The van der Waals surface area contributed by atoms with Crippen molar-refractivity contribution in [1.29, 1.82) is 0 Å². The molecule has 18 nitrogen and oxygen atoms in total. The molecule has 0 saturated heterocycles. The second kappa shape index (κ2) is 41.2. The fraction of sp³-hybridized carbons (Fsp3) is 0.692. The smallest absolute Gasteiger partial charge is 0.132 e. The molecule has 0 fully saturated rings. The Morgan fingerprint density at radius 2 is 0.563 bits per heavy atom. The molecule has 0 radical (unpaired) electrons. The van der Waals surface area contributed by atoms with Crippen molar-refractivity contribution < 1.29 is 85.3 Å². The van der Waals surface area contributed by atoms with Gasteiger partial charge in [0.2, 0.25) is 0 Å². The second-order valence-electron chi connectivity index (χ2n) is 15.9. The first-order valence-electron chi connectivity index (χ1n) is 24.6. The van der Waals surface area contributed by atoms with Crippen molar-refractivity contribution in [1.82, 2.24) is 0 Å². The van der Waals surface area contributed by atoms with Crippen molar-refractivity contribution in [3.05, 3.63) is 47.5 Å². The molecule has 0 N–H and O–H groups in total. The Labute approximate surface area is 426 Å². The van der Waals surface area contributed by atoms with Crippen molar-refractivity contribution in [2.75, 3.05) is 187 Å². The lowest BCUT2D eigenvalue weighted by molar-refractivity contribution is -0.0205. The molecule has 19 heteroatoms. The Bertz CT molecular complexity index is 1620. The molecule has 3 rings (SSSR count). The molecule has 0 aliphatic carbocycles. The van der Waals surface area contributed by atoms with Gasteiger partial charge in [0.25, 0.3) is 0 Å². The Kier molecular flexibility index (Phi) is 36.0. The third-order valence-electron chi connectivity index (χ3n) is 9.79. The van der Waals surface area contributed by atoms with Crippen LogP contribution >= 0.6 is 11.3 Å². The Morgan fingerprint density at radius 3 is 0.803 bits per heavy atom. The van der Waals surface area contributed by atoms with E-state index < -0.39 is 0 Å². The van der Waals surface area contributed by atoms with Crippen LogP contribution in [-0.2, 0) is 79.5 Å². The molecule has 0 bridgehead atoms. The van der Waals surface area contributed by atoms with Crippen molar-refractivity contribution >= 4 is 11.3 Å². The summed E-state index contributed by atoms with van der Waals surface area (Å²) in [6.45, 7) is 19.8. The van der Waals surface area contributed by atoms with Crippen LogP contribution in [0, 0.1) is 0 Å². The van der Waals surface area contributed by atoms with Gasteiger partial charge in [0.15, 0.2) is 0 Å². The molecule has 1 aromatic heterocycles. The molecule has 3 aromatic rings. The van der Waals surface area contributed by atoms with Gasteiger partial charge in [-0.15, -0.1) is 11.3 Å². The van der Waals surface area contributed by atoms with Crippen LogP contribution in [-0.4, -0.2) is 199 Å². The first kappa shape index (κ1) is 62.1. The van der Waals surface area contributed by atoms with Crippen LogP contribution in [0.25, 0.3) is 20.9 Å². The van der Waals surface area contributed by atoms with E-state index in [-0.39, 0.29) is 25.4 Å². The van der Waals surface area contributed by atoms with Crippen LogP contribution in [0.2, 0.25) is 0 Å². The van der Waals surface area contributed by atoms with Gasteiger partial charge in [-0.05, 0) is 52.0 Å². The van der Waals surface area contributed by atoms with Crippen LogP contribution < -0.4 is 18.9 Å². The summed E-state index contributed by atoms with van der Waals surface area (Å²) in [5.41, 5.74) is 3.47. The van der Waals surface area contributed by atoms with Crippen LogP contribution in [0.3, 0.4) is 0 Å². The van der Waals surface area contributed by atoms with E-state index in [0.29, 0.717) is 182 Å². The maximum absolute atomic E-state index is 6.43. The van der Waals surface area contributed by atoms with Gasteiger partial charge in [-0.2, -0.15) is 0 Å². The average molecular weight is 1030 g/mol. The molecule has 71 heavy (non-hydrogen) atoms. The van der Waals surface area contributed by atoms with Gasteiger partial charge in [-0.25, -0.2) is 0 Å². The molecular formula is C52H84O18S. The standard InChI is InChI=1S/C52H84O18S/c1-41(2)69-47-13-9-11-45(55-7)49(47)51-43(39-67-37-35-65-33-31-63-29-27-61-25-23-59-21-19-57-17-15-53-5)44(52(71-51)50-46(56-8)12-10-14-48(50)70-42(3)4)40-68-38-36-66-34-32-64-30-28-62-26-24-60-22-20-58-18-16-54-6/h9-14,41-42H,15-40H2,1-8H3. The number of ether oxygens (including phenoxy) is 18. The average Bonchev–Trinajstić information content (AvgIpc) is 3.71. The monoisotopic (exact) mass is 1030 g/mol. The van der Waals surface area contributed by atoms with Crippen molar-refractivity contribution in [2.45, 2.75) is 53.1 Å². The summed E-state index contributed by atoms with van der Waals surface area (Å²) in [7, 11) is 6.62. The van der Waals surface area contributed by atoms with E-state index in [9.17, 15) is 0 Å². The molecule has 0 atom stereocenters. The first-order valence-corrected chi connectivity index (χ1v) is 25.4. The van der Waals surface area contributed by atoms with E-state index >= 15 is 0 Å². The number of methoxy groups -OCH3 is 4. The van der Waals surface area contributed by atoms with Crippen LogP contribution in [0.4, 0.5) is 0 Å². The van der Waals surface area contributed by atoms with Gasteiger partial charge in [-0.3, -0.25) is 0 Å². The maximum Gasteiger partial charge on any atom is 0.132 e. The number of benzene rings is 2. The lowest BCUT2D eigenvalue weighted by Crippen LogP contribution is -2.14. The minimum atomic E-state index is -0.0922. The van der Waals surface area contributed by atoms with E-state index in [1.165, 1.54) is 0 Å². The topological polar surface area (TPSA) is 166 Å². The van der Waals surface area contributed by atoms with Gasteiger partial charge >= 0.3 is 0 Å². The summed E-state index contributed by atoms with van der Waals surface area (Å²) in [5, 5.41) is 0. The van der Waals surface area contributed by atoms with Gasteiger partial charge in [0.1, 0.15) is 23.0 Å². The second-order valence-corrected chi connectivity index (χ2v) is 17.0. The Hall–Kier alpha value is -3.22. The highest BCUT2D eigenvalue weighted by molar-refractivity contribution is 7.19. The van der Waals surface area contributed by atoms with Crippen LogP contribution in [0.5, 0.6) is 23.0 Å². The van der Waals surface area contributed by atoms with Crippen LogP contribution in [0.1, 0.15) is 38.8 Å². The first-order chi connectivity index (χ1) is 34.9. The third-order valence-corrected chi connectivity index (χ3v) is 11.1. The lowest BCUT2D eigenvalue weighted by Gasteiger charge is -2.18. The highest BCUT2D eigenvalue weighted by atomic mass is 32.1. The minimum Gasteiger partial charge on any atom is -0.496 e. The largest absolute Gasteiger partial charge is 0.496 e. The summed E-state index contributed by atoms with van der Waals surface area (Å²) >= 11 is 1.59. The van der Waals surface area contributed by atoms with Crippen LogP contribution in [0.15, 0.2) is 36.4 Å². The highest BCUT2D eigenvalue weighted by Gasteiger charge is 2.29. The lowest BCUT2D eigenvalue weighted by atomic mass is 10.00. The molecular weight excluding hydrogens is 945 g/mol. The zero-order valence-electron chi connectivity index (χ0n) is 43.8. The molecule has 1 heterocycles. The molecule has 0 saturated carbocycles. The predicted octanol–water partition coefficient (Wildman–Crippen LogP) is 7.17.